The van der Waals surface area contributed by atoms with Crippen molar-refractivity contribution in [2.45, 2.75) is 24.2 Å². The predicted molar refractivity (Wildman–Crippen MR) is 124 cm³/mol. The lowest BCUT2D eigenvalue weighted by Crippen LogP contribution is -2.40. The Hall–Kier alpha value is -2.62. The van der Waals surface area contributed by atoms with Gasteiger partial charge in [0.15, 0.2) is 0 Å². The van der Waals surface area contributed by atoms with Gasteiger partial charge in [0, 0.05) is 26.2 Å². The fourth-order valence-electron chi connectivity index (χ4n) is 4.07. The first-order valence-corrected chi connectivity index (χ1v) is 12.8. The second kappa shape index (κ2) is 11.0. The van der Waals surface area contributed by atoms with Gasteiger partial charge in [-0.3, -0.25) is 0 Å². The number of benzene rings is 2. The van der Waals surface area contributed by atoms with Crippen LogP contribution >= 0.6 is 0 Å². The van der Waals surface area contributed by atoms with Gasteiger partial charge in [0.2, 0.25) is 10.0 Å². The van der Waals surface area contributed by atoms with Crippen molar-refractivity contribution in [3.63, 3.8) is 0 Å². The molecule has 2 saturated heterocycles. The molecular weight excluding hydrogens is 444 g/mol. The number of hydrogen-bond donors (Lipinski definition) is 0. The molecule has 9 heteroatoms. The Morgan fingerprint density at radius 2 is 1.64 bits per heavy atom. The molecule has 2 aromatic carbocycles. The normalized spacial score (nSPS) is 17.5. The van der Waals surface area contributed by atoms with Gasteiger partial charge in [-0.25, -0.2) is 13.2 Å². The van der Waals surface area contributed by atoms with Crippen LogP contribution in [0.15, 0.2) is 53.4 Å². The van der Waals surface area contributed by atoms with E-state index in [1.165, 1.54) is 10.4 Å². The molecule has 0 atom stereocenters. The summed E-state index contributed by atoms with van der Waals surface area (Å²) in [7, 11) is -3.72. The van der Waals surface area contributed by atoms with E-state index in [0.29, 0.717) is 37.7 Å². The molecule has 178 valence electrons. The number of para-hydroxylation sites is 1. The molecule has 0 bridgehead atoms. The summed E-state index contributed by atoms with van der Waals surface area (Å²) in [5, 5.41) is 0. The molecule has 0 aromatic heterocycles. The molecule has 0 N–H and O–H groups in total. The van der Waals surface area contributed by atoms with Gasteiger partial charge < -0.3 is 19.1 Å². The van der Waals surface area contributed by atoms with Crippen molar-refractivity contribution in [3.8, 4) is 5.75 Å². The van der Waals surface area contributed by atoms with Crippen LogP contribution in [0.3, 0.4) is 0 Å². The van der Waals surface area contributed by atoms with Gasteiger partial charge in [-0.2, -0.15) is 4.31 Å². The van der Waals surface area contributed by atoms with Crippen LogP contribution in [0.1, 0.15) is 29.6 Å². The number of sulfonamides is 1. The number of anilines is 1. The van der Waals surface area contributed by atoms with Crippen molar-refractivity contribution in [2.24, 2.45) is 0 Å². The molecule has 2 aliphatic rings. The molecular formula is C24H30N2O6S. The Kier molecular flexibility index (Phi) is 7.85. The minimum absolute atomic E-state index is 0.0631. The summed E-state index contributed by atoms with van der Waals surface area (Å²) < 4.78 is 44.0. The van der Waals surface area contributed by atoms with Crippen molar-refractivity contribution in [1.82, 2.24) is 4.31 Å². The van der Waals surface area contributed by atoms with Crippen LogP contribution in [0.2, 0.25) is 0 Å². The summed E-state index contributed by atoms with van der Waals surface area (Å²) in [5.41, 5.74) is 0.982. The second-order valence-electron chi connectivity index (χ2n) is 8.04. The molecule has 0 spiro atoms. The smallest absolute Gasteiger partial charge is 0.340 e. The molecule has 0 unspecified atom stereocenters. The Morgan fingerprint density at radius 3 is 2.36 bits per heavy atom. The number of carbonyl (C=O) groups excluding carboxylic acids is 1. The van der Waals surface area contributed by atoms with Crippen LogP contribution in [0.25, 0.3) is 0 Å². The zero-order valence-electron chi connectivity index (χ0n) is 18.6. The fraction of sp³-hybridized carbons (Fsp3) is 0.458. The monoisotopic (exact) mass is 474 g/mol. The first-order chi connectivity index (χ1) is 16.1. The molecule has 0 radical (unpaired) electrons. The number of piperidine rings is 1. The largest absolute Gasteiger partial charge is 0.490 e. The van der Waals surface area contributed by atoms with Crippen molar-refractivity contribution in [3.05, 3.63) is 54.1 Å². The molecule has 2 aromatic rings. The summed E-state index contributed by atoms with van der Waals surface area (Å²) >= 11 is 0. The zero-order chi connectivity index (χ0) is 23.1. The molecule has 33 heavy (non-hydrogen) atoms. The maximum atomic E-state index is 13.2. The average Bonchev–Trinajstić information content (AvgIpc) is 2.88. The number of morpholine rings is 1. The number of hydrogen-bond acceptors (Lipinski definition) is 7. The summed E-state index contributed by atoms with van der Waals surface area (Å²) in [6, 6.07) is 14.1. The highest BCUT2D eigenvalue weighted by molar-refractivity contribution is 7.89. The van der Waals surface area contributed by atoms with Crippen LogP contribution in [0.4, 0.5) is 5.69 Å². The molecule has 0 saturated carbocycles. The van der Waals surface area contributed by atoms with Gasteiger partial charge >= 0.3 is 5.97 Å². The maximum absolute atomic E-state index is 13.2. The van der Waals surface area contributed by atoms with Crippen molar-refractivity contribution in [2.75, 3.05) is 57.5 Å². The number of esters is 1. The van der Waals surface area contributed by atoms with E-state index in [2.05, 4.69) is 4.90 Å². The van der Waals surface area contributed by atoms with Gasteiger partial charge in [0.1, 0.15) is 19.0 Å². The standard InChI is InChI=1S/C24H30N2O6S/c27-24(32-18-17-31-20-7-3-1-4-8-20)22-19-21(33(28,29)26-13-15-30-16-14-26)9-10-23(22)25-11-5-2-6-12-25/h1,3-4,7-10,19H,2,5-6,11-18H2. The topological polar surface area (TPSA) is 85.4 Å². The van der Waals surface area contributed by atoms with E-state index in [0.717, 1.165) is 32.4 Å². The van der Waals surface area contributed by atoms with Gasteiger partial charge in [-0.15, -0.1) is 0 Å². The number of ether oxygens (including phenoxy) is 3. The highest BCUT2D eigenvalue weighted by Crippen LogP contribution is 2.29. The third kappa shape index (κ3) is 5.85. The van der Waals surface area contributed by atoms with E-state index in [1.54, 1.807) is 12.1 Å². The lowest BCUT2D eigenvalue weighted by Gasteiger charge is -2.31. The SMILES string of the molecule is O=C(OCCOc1ccccc1)c1cc(S(=O)(=O)N2CCOCC2)ccc1N1CCCCC1. The average molecular weight is 475 g/mol. The molecule has 4 rings (SSSR count). The van der Waals surface area contributed by atoms with Crippen LogP contribution in [-0.2, 0) is 19.5 Å². The lowest BCUT2D eigenvalue weighted by atomic mass is 10.1. The first-order valence-electron chi connectivity index (χ1n) is 11.4. The molecule has 8 nitrogen and oxygen atoms in total. The second-order valence-corrected chi connectivity index (χ2v) is 9.98. The van der Waals surface area contributed by atoms with Crippen molar-refractivity contribution >= 4 is 21.7 Å². The minimum atomic E-state index is -3.72. The fourth-order valence-corrected chi connectivity index (χ4v) is 5.51. The zero-order valence-corrected chi connectivity index (χ0v) is 19.5. The molecule has 2 aliphatic heterocycles. The van der Waals surface area contributed by atoms with Crippen LogP contribution in [0, 0.1) is 0 Å². The Labute approximate surface area is 195 Å². The Balaban J connectivity index is 1.52. The van der Waals surface area contributed by atoms with Gasteiger partial charge in [-0.05, 0) is 49.6 Å². The van der Waals surface area contributed by atoms with Gasteiger partial charge in [0.05, 0.1) is 29.4 Å². The highest BCUT2D eigenvalue weighted by Gasteiger charge is 2.29. The third-order valence-electron chi connectivity index (χ3n) is 5.82. The van der Waals surface area contributed by atoms with E-state index >= 15 is 0 Å². The number of carbonyl (C=O) groups is 1. The van der Waals surface area contributed by atoms with E-state index in [9.17, 15) is 13.2 Å². The number of rotatable bonds is 8. The van der Waals surface area contributed by atoms with Gasteiger partial charge in [-0.1, -0.05) is 18.2 Å². The summed E-state index contributed by atoms with van der Waals surface area (Å²) in [5.74, 6) is 0.146. The maximum Gasteiger partial charge on any atom is 0.340 e. The molecule has 2 heterocycles. The van der Waals surface area contributed by atoms with Crippen molar-refractivity contribution < 1.29 is 27.4 Å². The lowest BCUT2D eigenvalue weighted by molar-refractivity contribution is 0.0450. The van der Waals surface area contributed by atoms with Crippen LogP contribution in [0.5, 0.6) is 5.75 Å². The third-order valence-corrected chi connectivity index (χ3v) is 7.72. The van der Waals surface area contributed by atoms with E-state index in [-0.39, 0.29) is 23.7 Å². The Bertz CT molecular complexity index is 1030. The summed E-state index contributed by atoms with van der Waals surface area (Å²) in [6.45, 7) is 3.25. The summed E-state index contributed by atoms with van der Waals surface area (Å²) in [6.07, 6.45) is 3.22. The molecule has 0 amide bonds. The van der Waals surface area contributed by atoms with E-state index in [1.807, 2.05) is 30.3 Å². The number of nitrogens with zero attached hydrogens (tertiary/aromatic N) is 2. The highest BCUT2D eigenvalue weighted by atomic mass is 32.2. The molecule has 2 fully saturated rings. The quantitative estimate of drug-likeness (QED) is 0.430. The van der Waals surface area contributed by atoms with Crippen LogP contribution < -0.4 is 9.64 Å². The predicted octanol–water partition coefficient (Wildman–Crippen LogP) is 2.93. The van der Waals surface area contributed by atoms with Crippen molar-refractivity contribution in [1.29, 1.82) is 0 Å². The Morgan fingerprint density at radius 1 is 0.909 bits per heavy atom. The van der Waals surface area contributed by atoms with Crippen LogP contribution in [-0.4, -0.2) is 71.3 Å². The molecule has 0 aliphatic carbocycles. The van der Waals surface area contributed by atoms with E-state index in [4.69, 9.17) is 14.2 Å². The minimum Gasteiger partial charge on any atom is -0.490 e. The first kappa shape index (κ1) is 23.5. The van der Waals surface area contributed by atoms with E-state index < -0.39 is 16.0 Å². The summed E-state index contributed by atoms with van der Waals surface area (Å²) in [4.78, 5) is 15.3. The van der Waals surface area contributed by atoms with Gasteiger partial charge in [0.25, 0.3) is 0 Å².